The van der Waals surface area contributed by atoms with Crippen LogP contribution in [0.5, 0.6) is 0 Å². The van der Waals surface area contributed by atoms with Crippen LogP contribution in [0.4, 0.5) is 4.39 Å². The molecule has 1 aromatic carbocycles. The molecule has 0 radical (unpaired) electrons. The Morgan fingerprint density at radius 2 is 2.00 bits per heavy atom. The maximum absolute atomic E-state index is 12.9. The number of ether oxygens (including phenoxy) is 1. The highest BCUT2D eigenvalue weighted by Gasteiger charge is 2.16. The molecule has 0 unspecified atom stereocenters. The zero-order valence-electron chi connectivity index (χ0n) is 12.3. The zero-order chi connectivity index (χ0) is 15.4. The van der Waals surface area contributed by atoms with Gasteiger partial charge < -0.3 is 10.5 Å². The average Bonchev–Trinajstić information content (AvgIpc) is 3.03. The molecule has 3 rings (SSSR count). The van der Waals surface area contributed by atoms with Crippen LogP contribution in [0.25, 0.3) is 0 Å². The molecule has 0 spiro atoms. The number of nitrogens with one attached hydrogen (secondary N) is 1. The zero-order valence-corrected chi connectivity index (χ0v) is 12.3. The molecule has 2 aromatic rings. The molecule has 1 saturated heterocycles. The minimum absolute atomic E-state index is 0.280. The second-order valence-corrected chi connectivity index (χ2v) is 5.37. The smallest absolute Gasteiger partial charge is 0.171 e. The molecule has 7 heteroatoms. The van der Waals surface area contributed by atoms with E-state index < -0.39 is 6.04 Å². The number of nitrogens with two attached hydrogens (primary N) is 1. The Balaban J connectivity index is 1.59. The number of hydrogen-bond acceptors (Lipinski definition) is 5. The van der Waals surface area contributed by atoms with Gasteiger partial charge in [-0.25, -0.2) is 9.37 Å². The van der Waals surface area contributed by atoms with E-state index in [1.165, 1.54) is 12.1 Å². The van der Waals surface area contributed by atoms with Gasteiger partial charge in [0.1, 0.15) is 11.6 Å². The first-order valence-electron chi connectivity index (χ1n) is 7.45. The van der Waals surface area contributed by atoms with Crippen molar-refractivity contribution in [3.05, 3.63) is 47.3 Å². The summed E-state index contributed by atoms with van der Waals surface area (Å²) in [6, 6.07) is 5.64. The Hall–Kier alpha value is -1.83. The average molecular weight is 305 g/mol. The quantitative estimate of drug-likeness (QED) is 0.856. The number of morpholine rings is 1. The summed E-state index contributed by atoms with van der Waals surface area (Å²) in [5, 5.41) is 7.11. The van der Waals surface area contributed by atoms with Crippen molar-refractivity contribution in [1.82, 2.24) is 20.1 Å². The molecule has 3 N–H and O–H groups in total. The van der Waals surface area contributed by atoms with E-state index in [2.05, 4.69) is 20.1 Å². The fraction of sp³-hybridized carbons (Fsp3) is 0.467. The van der Waals surface area contributed by atoms with E-state index in [0.717, 1.165) is 50.7 Å². The van der Waals surface area contributed by atoms with E-state index in [-0.39, 0.29) is 5.82 Å². The van der Waals surface area contributed by atoms with E-state index >= 15 is 0 Å². The van der Waals surface area contributed by atoms with E-state index in [9.17, 15) is 4.39 Å². The van der Waals surface area contributed by atoms with E-state index in [0.29, 0.717) is 5.82 Å². The number of aromatic amines is 1. The summed E-state index contributed by atoms with van der Waals surface area (Å²) >= 11 is 0. The molecule has 1 aliphatic heterocycles. The number of aromatic nitrogens is 3. The lowest BCUT2D eigenvalue weighted by Crippen LogP contribution is -2.37. The number of nitrogens with zero attached hydrogens (tertiary/aromatic N) is 3. The minimum Gasteiger partial charge on any atom is -0.379 e. The number of hydrogen-bond donors (Lipinski definition) is 2. The summed E-state index contributed by atoms with van der Waals surface area (Å²) < 4.78 is 18.3. The Morgan fingerprint density at radius 1 is 1.27 bits per heavy atom. The largest absolute Gasteiger partial charge is 0.379 e. The van der Waals surface area contributed by atoms with Crippen molar-refractivity contribution >= 4 is 0 Å². The molecule has 2 heterocycles. The maximum atomic E-state index is 12.9. The second kappa shape index (κ2) is 6.95. The van der Waals surface area contributed by atoms with Crippen LogP contribution in [0.15, 0.2) is 24.3 Å². The molecule has 22 heavy (non-hydrogen) atoms. The summed E-state index contributed by atoms with van der Waals surface area (Å²) in [6.45, 7) is 4.41. The van der Waals surface area contributed by atoms with Crippen molar-refractivity contribution in [2.24, 2.45) is 5.73 Å². The first kappa shape index (κ1) is 15.1. The standard InChI is InChI=1S/C15H20FN5O/c16-12-3-1-11(2-4-12)14(17)15-18-13(19-20-15)5-6-21-7-9-22-10-8-21/h1-4,14H,5-10,17H2,(H,18,19,20)/t14-/m1/s1. The van der Waals surface area contributed by atoms with Crippen molar-refractivity contribution in [2.75, 3.05) is 32.8 Å². The van der Waals surface area contributed by atoms with Crippen LogP contribution < -0.4 is 5.73 Å². The van der Waals surface area contributed by atoms with Crippen LogP contribution in [-0.4, -0.2) is 52.9 Å². The summed E-state index contributed by atoms with van der Waals surface area (Å²) in [7, 11) is 0. The Morgan fingerprint density at radius 3 is 2.73 bits per heavy atom. The lowest BCUT2D eigenvalue weighted by Gasteiger charge is -2.25. The van der Waals surface area contributed by atoms with Gasteiger partial charge in [0.2, 0.25) is 0 Å². The van der Waals surface area contributed by atoms with Gasteiger partial charge in [0, 0.05) is 26.1 Å². The van der Waals surface area contributed by atoms with Gasteiger partial charge in [-0.1, -0.05) is 12.1 Å². The van der Waals surface area contributed by atoms with Gasteiger partial charge in [-0.05, 0) is 17.7 Å². The molecule has 0 saturated carbocycles. The SMILES string of the molecule is N[C@H](c1ccc(F)cc1)c1n[nH]c(CCN2CCOCC2)n1. The molecule has 1 fully saturated rings. The van der Waals surface area contributed by atoms with Crippen LogP contribution in [0.1, 0.15) is 23.3 Å². The highest BCUT2D eigenvalue weighted by atomic mass is 19.1. The van der Waals surface area contributed by atoms with Crippen LogP contribution in [0.2, 0.25) is 0 Å². The first-order valence-corrected chi connectivity index (χ1v) is 7.45. The highest BCUT2D eigenvalue weighted by Crippen LogP contribution is 2.16. The van der Waals surface area contributed by atoms with Crippen molar-refractivity contribution in [3.8, 4) is 0 Å². The summed E-state index contributed by atoms with van der Waals surface area (Å²) in [4.78, 5) is 6.79. The van der Waals surface area contributed by atoms with Gasteiger partial charge in [0.05, 0.1) is 19.3 Å². The molecule has 1 aromatic heterocycles. The lowest BCUT2D eigenvalue weighted by atomic mass is 10.1. The number of rotatable bonds is 5. The molecule has 0 aliphatic carbocycles. The van der Waals surface area contributed by atoms with Gasteiger partial charge >= 0.3 is 0 Å². The Bertz CT molecular complexity index is 594. The van der Waals surface area contributed by atoms with E-state index in [1.807, 2.05) is 0 Å². The third kappa shape index (κ3) is 3.68. The van der Waals surface area contributed by atoms with Crippen LogP contribution >= 0.6 is 0 Å². The highest BCUT2D eigenvalue weighted by molar-refractivity contribution is 5.24. The molecule has 0 amide bonds. The van der Waals surface area contributed by atoms with Gasteiger partial charge in [0.15, 0.2) is 5.82 Å². The van der Waals surface area contributed by atoms with Crippen molar-refractivity contribution in [3.63, 3.8) is 0 Å². The van der Waals surface area contributed by atoms with Gasteiger partial charge in [-0.15, -0.1) is 0 Å². The van der Waals surface area contributed by atoms with Crippen molar-refractivity contribution in [1.29, 1.82) is 0 Å². The van der Waals surface area contributed by atoms with Gasteiger partial charge in [-0.3, -0.25) is 10.00 Å². The predicted molar refractivity (Wildman–Crippen MR) is 79.8 cm³/mol. The van der Waals surface area contributed by atoms with E-state index in [4.69, 9.17) is 10.5 Å². The molecular formula is C15H20FN5O. The monoisotopic (exact) mass is 305 g/mol. The first-order chi connectivity index (χ1) is 10.7. The minimum atomic E-state index is -0.450. The predicted octanol–water partition coefficient (Wildman–Crippen LogP) is 0.867. The second-order valence-electron chi connectivity index (χ2n) is 5.37. The van der Waals surface area contributed by atoms with Crippen LogP contribution in [-0.2, 0) is 11.2 Å². The van der Waals surface area contributed by atoms with Gasteiger partial charge in [-0.2, -0.15) is 5.10 Å². The lowest BCUT2D eigenvalue weighted by molar-refractivity contribution is 0.0382. The number of benzene rings is 1. The third-order valence-electron chi connectivity index (χ3n) is 3.82. The molecule has 6 nitrogen and oxygen atoms in total. The number of H-pyrrole nitrogens is 1. The fourth-order valence-electron chi connectivity index (χ4n) is 2.47. The molecule has 0 bridgehead atoms. The summed E-state index contributed by atoms with van der Waals surface area (Å²) in [5.74, 6) is 1.07. The fourth-order valence-corrected chi connectivity index (χ4v) is 2.47. The Kier molecular flexibility index (Phi) is 4.77. The molecule has 118 valence electrons. The summed E-state index contributed by atoms with van der Waals surface area (Å²) in [5.41, 5.74) is 6.92. The topological polar surface area (TPSA) is 80.1 Å². The van der Waals surface area contributed by atoms with Crippen molar-refractivity contribution < 1.29 is 9.13 Å². The molecule has 1 atom stereocenters. The normalized spacial score (nSPS) is 17.5. The molecular weight excluding hydrogens is 285 g/mol. The maximum Gasteiger partial charge on any atom is 0.171 e. The van der Waals surface area contributed by atoms with Gasteiger partial charge in [0.25, 0.3) is 0 Å². The van der Waals surface area contributed by atoms with Crippen LogP contribution in [0.3, 0.4) is 0 Å². The van der Waals surface area contributed by atoms with Crippen molar-refractivity contribution in [2.45, 2.75) is 12.5 Å². The number of halogens is 1. The van der Waals surface area contributed by atoms with E-state index in [1.54, 1.807) is 12.1 Å². The van der Waals surface area contributed by atoms with Crippen LogP contribution in [0, 0.1) is 5.82 Å². The summed E-state index contributed by atoms with van der Waals surface area (Å²) in [6.07, 6.45) is 0.795. The molecule has 1 aliphatic rings. The third-order valence-corrected chi connectivity index (χ3v) is 3.82. The Labute approximate surface area is 128 Å².